The Bertz CT molecular complexity index is 534. The highest BCUT2D eigenvalue weighted by molar-refractivity contribution is 5.96. The topological polar surface area (TPSA) is 104 Å². The molecule has 0 radical (unpaired) electrons. The van der Waals surface area contributed by atoms with E-state index in [1.807, 2.05) is 14.0 Å². The van der Waals surface area contributed by atoms with Gasteiger partial charge in [-0.05, 0) is 32.4 Å². The zero-order valence-electron chi connectivity index (χ0n) is 12.8. The van der Waals surface area contributed by atoms with Gasteiger partial charge in [0.15, 0.2) is 0 Å². The number of aromatic nitrogens is 2. The zero-order chi connectivity index (χ0) is 15.4. The van der Waals surface area contributed by atoms with Crippen LogP contribution in [0, 0.1) is 16.0 Å². The Morgan fingerprint density at radius 1 is 1.59 bits per heavy atom. The van der Waals surface area contributed by atoms with Crippen molar-refractivity contribution in [2.24, 2.45) is 5.92 Å². The fourth-order valence-electron chi connectivity index (χ4n) is 2.76. The van der Waals surface area contributed by atoms with E-state index in [2.05, 4.69) is 15.5 Å². The molecule has 1 aliphatic heterocycles. The van der Waals surface area contributed by atoms with Gasteiger partial charge in [-0.15, -0.1) is 12.4 Å². The molecule has 22 heavy (non-hydrogen) atoms. The molecule has 2 heterocycles. The first kappa shape index (κ1) is 18.4. The van der Waals surface area contributed by atoms with Gasteiger partial charge in [0.2, 0.25) is 5.69 Å². The Labute approximate surface area is 135 Å². The van der Waals surface area contributed by atoms with Crippen LogP contribution in [-0.2, 0) is 6.42 Å². The molecule has 0 spiro atoms. The number of carbonyl (C=O) groups is 1. The van der Waals surface area contributed by atoms with E-state index in [-0.39, 0.29) is 29.7 Å². The number of hydrogen-bond acceptors (Lipinski definition) is 5. The second-order valence-corrected chi connectivity index (χ2v) is 5.37. The SMILES string of the molecule is CCCc1[nH]nc(C(=O)N2CCC(CNC)C2)c1[N+](=O)[O-].Cl. The highest BCUT2D eigenvalue weighted by atomic mass is 35.5. The average molecular weight is 332 g/mol. The summed E-state index contributed by atoms with van der Waals surface area (Å²) in [4.78, 5) is 24.8. The van der Waals surface area contributed by atoms with Gasteiger partial charge in [0.1, 0.15) is 5.69 Å². The average Bonchev–Trinajstić information content (AvgIpc) is 3.06. The van der Waals surface area contributed by atoms with E-state index in [1.165, 1.54) is 0 Å². The van der Waals surface area contributed by atoms with Gasteiger partial charge >= 0.3 is 5.69 Å². The molecule has 1 unspecified atom stereocenters. The number of halogens is 1. The molecular weight excluding hydrogens is 310 g/mol. The molecule has 124 valence electrons. The number of likely N-dealkylation sites (tertiary alicyclic amines) is 1. The summed E-state index contributed by atoms with van der Waals surface area (Å²) in [5.41, 5.74) is 0.198. The van der Waals surface area contributed by atoms with Crippen molar-refractivity contribution >= 4 is 24.0 Å². The summed E-state index contributed by atoms with van der Waals surface area (Å²) in [6.07, 6.45) is 2.18. The van der Waals surface area contributed by atoms with Crippen LogP contribution in [0.25, 0.3) is 0 Å². The Morgan fingerprint density at radius 3 is 2.91 bits per heavy atom. The molecule has 1 saturated heterocycles. The van der Waals surface area contributed by atoms with Gasteiger partial charge in [0, 0.05) is 13.1 Å². The first-order valence-corrected chi connectivity index (χ1v) is 7.24. The summed E-state index contributed by atoms with van der Waals surface area (Å²) in [6.45, 7) is 4.01. The molecule has 1 aliphatic rings. The normalized spacial score (nSPS) is 17.4. The second kappa shape index (κ2) is 8.09. The van der Waals surface area contributed by atoms with Gasteiger partial charge in [-0.25, -0.2) is 0 Å². The van der Waals surface area contributed by atoms with Gasteiger partial charge in [0.05, 0.1) is 4.92 Å². The predicted octanol–water partition coefficient (Wildman–Crippen LogP) is 1.37. The Balaban J connectivity index is 0.00000242. The largest absolute Gasteiger partial charge is 0.337 e. The first-order valence-electron chi connectivity index (χ1n) is 7.24. The number of nitro groups is 1. The molecule has 2 rings (SSSR count). The summed E-state index contributed by atoms with van der Waals surface area (Å²) in [5, 5.41) is 20.9. The van der Waals surface area contributed by atoms with E-state index < -0.39 is 4.92 Å². The van der Waals surface area contributed by atoms with Crippen molar-refractivity contribution in [2.45, 2.75) is 26.2 Å². The highest BCUT2D eigenvalue weighted by Gasteiger charge is 2.34. The summed E-state index contributed by atoms with van der Waals surface area (Å²) >= 11 is 0. The van der Waals surface area contributed by atoms with Crippen LogP contribution in [0.1, 0.15) is 35.9 Å². The monoisotopic (exact) mass is 331 g/mol. The molecule has 0 aromatic carbocycles. The van der Waals surface area contributed by atoms with Crippen LogP contribution in [0.4, 0.5) is 5.69 Å². The number of nitrogens with zero attached hydrogens (tertiary/aromatic N) is 3. The van der Waals surface area contributed by atoms with E-state index in [9.17, 15) is 14.9 Å². The van der Waals surface area contributed by atoms with Crippen LogP contribution in [0.15, 0.2) is 0 Å². The van der Waals surface area contributed by atoms with Crippen molar-refractivity contribution in [1.29, 1.82) is 0 Å². The van der Waals surface area contributed by atoms with Crippen LogP contribution in [-0.4, -0.2) is 52.6 Å². The Hall–Kier alpha value is -1.67. The van der Waals surface area contributed by atoms with Crippen LogP contribution >= 0.6 is 12.4 Å². The number of aromatic amines is 1. The Morgan fingerprint density at radius 2 is 2.32 bits per heavy atom. The Kier molecular flexibility index (Phi) is 6.76. The molecule has 1 amide bonds. The number of hydrogen-bond donors (Lipinski definition) is 2. The number of amides is 1. The standard InChI is InChI=1S/C13H21N5O3.ClH/c1-3-4-10-12(18(20)21)11(16-15-10)13(19)17-6-5-9(8-17)7-14-2;/h9,14H,3-8H2,1-2H3,(H,15,16);1H. The van der Waals surface area contributed by atoms with E-state index in [0.29, 0.717) is 31.1 Å². The van der Waals surface area contributed by atoms with Crippen molar-refractivity contribution < 1.29 is 9.72 Å². The van der Waals surface area contributed by atoms with E-state index in [4.69, 9.17) is 0 Å². The lowest BCUT2D eigenvalue weighted by atomic mass is 10.1. The van der Waals surface area contributed by atoms with Crippen molar-refractivity contribution in [2.75, 3.05) is 26.7 Å². The lowest BCUT2D eigenvalue weighted by Crippen LogP contribution is -2.31. The molecule has 8 nitrogen and oxygen atoms in total. The van der Waals surface area contributed by atoms with Crippen LogP contribution < -0.4 is 5.32 Å². The van der Waals surface area contributed by atoms with Crippen LogP contribution in [0.2, 0.25) is 0 Å². The maximum Gasteiger partial charge on any atom is 0.322 e. The van der Waals surface area contributed by atoms with Crippen LogP contribution in [0.5, 0.6) is 0 Å². The second-order valence-electron chi connectivity index (χ2n) is 5.37. The third-order valence-electron chi connectivity index (χ3n) is 3.76. The third kappa shape index (κ3) is 3.75. The third-order valence-corrected chi connectivity index (χ3v) is 3.76. The van der Waals surface area contributed by atoms with Gasteiger partial charge < -0.3 is 10.2 Å². The van der Waals surface area contributed by atoms with Gasteiger partial charge in [0.25, 0.3) is 5.91 Å². The minimum absolute atomic E-state index is 0. The van der Waals surface area contributed by atoms with Crippen molar-refractivity contribution in [3.63, 3.8) is 0 Å². The number of H-pyrrole nitrogens is 1. The molecular formula is C13H22ClN5O3. The fourth-order valence-corrected chi connectivity index (χ4v) is 2.76. The molecule has 0 aliphatic carbocycles. The van der Waals surface area contributed by atoms with Crippen molar-refractivity contribution in [3.8, 4) is 0 Å². The predicted molar refractivity (Wildman–Crippen MR) is 84.4 cm³/mol. The smallest absolute Gasteiger partial charge is 0.322 e. The molecule has 0 bridgehead atoms. The number of carbonyl (C=O) groups excluding carboxylic acids is 1. The maximum atomic E-state index is 12.5. The van der Waals surface area contributed by atoms with E-state index in [1.54, 1.807) is 4.90 Å². The minimum atomic E-state index is -0.511. The van der Waals surface area contributed by atoms with E-state index in [0.717, 1.165) is 19.4 Å². The molecule has 9 heteroatoms. The summed E-state index contributed by atoms with van der Waals surface area (Å²) in [7, 11) is 1.88. The first-order chi connectivity index (χ1) is 10.1. The molecule has 2 N–H and O–H groups in total. The van der Waals surface area contributed by atoms with Crippen molar-refractivity contribution in [1.82, 2.24) is 20.4 Å². The number of nitrogens with one attached hydrogen (secondary N) is 2. The lowest BCUT2D eigenvalue weighted by molar-refractivity contribution is -0.385. The minimum Gasteiger partial charge on any atom is -0.337 e. The highest BCUT2D eigenvalue weighted by Crippen LogP contribution is 2.26. The van der Waals surface area contributed by atoms with Gasteiger partial charge in [-0.1, -0.05) is 13.3 Å². The van der Waals surface area contributed by atoms with Crippen molar-refractivity contribution in [3.05, 3.63) is 21.5 Å². The summed E-state index contributed by atoms with van der Waals surface area (Å²) in [6, 6.07) is 0. The number of aryl methyl sites for hydroxylation is 1. The molecule has 1 aromatic heterocycles. The van der Waals surface area contributed by atoms with E-state index >= 15 is 0 Å². The maximum absolute atomic E-state index is 12.5. The number of rotatable bonds is 6. The lowest BCUT2D eigenvalue weighted by Gasteiger charge is -2.14. The summed E-state index contributed by atoms with van der Waals surface area (Å²) in [5.74, 6) is 0.0472. The van der Waals surface area contributed by atoms with Crippen LogP contribution in [0.3, 0.4) is 0 Å². The fraction of sp³-hybridized carbons (Fsp3) is 0.692. The van der Waals surface area contributed by atoms with Gasteiger partial charge in [-0.2, -0.15) is 5.10 Å². The van der Waals surface area contributed by atoms with Gasteiger partial charge in [-0.3, -0.25) is 20.0 Å². The zero-order valence-corrected chi connectivity index (χ0v) is 13.6. The molecule has 1 fully saturated rings. The molecule has 0 saturated carbocycles. The summed E-state index contributed by atoms with van der Waals surface area (Å²) < 4.78 is 0. The molecule has 1 aromatic rings. The quantitative estimate of drug-likeness (QED) is 0.605. The molecule has 1 atom stereocenters.